The number of hydrogen-bond acceptors (Lipinski definition) is 5. The Hall–Kier alpha value is -2.67. The minimum Gasteiger partial charge on any atom is -0.467 e. The molecule has 2 aliphatic rings. The molecule has 0 aliphatic carbocycles. The molecule has 7 heteroatoms. The molecule has 142 valence electrons. The number of furan rings is 1. The highest BCUT2D eigenvalue weighted by atomic mass is 16.5. The normalized spacial score (nSPS) is 24.5. The van der Waals surface area contributed by atoms with Crippen molar-refractivity contribution >= 4 is 11.8 Å². The molecule has 2 fully saturated rings. The molecule has 2 aliphatic heterocycles. The van der Waals surface area contributed by atoms with Gasteiger partial charge in [0.1, 0.15) is 17.6 Å². The zero-order valence-corrected chi connectivity index (χ0v) is 15.3. The summed E-state index contributed by atoms with van der Waals surface area (Å²) in [6.45, 7) is 2.85. The SMILES string of the molecule is Cc1cccc(C(=O)N2CC[C@@H]3O[C@H](C(=O)NCc4ccco4)CC[C@@H]32)n1. The smallest absolute Gasteiger partial charge is 0.272 e. The van der Waals surface area contributed by atoms with E-state index in [0.717, 1.165) is 18.5 Å². The fourth-order valence-corrected chi connectivity index (χ4v) is 3.88. The number of nitrogens with zero attached hydrogens (tertiary/aromatic N) is 2. The maximum atomic E-state index is 12.8. The number of pyridine rings is 1. The van der Waals surface area contributed by atoms with Crippen molar-refractivity contribution in [3.8, 4) is 0 Å². The van der Waals surface area contributed by atoms with E-state index in [4.69, 9.17) is 9.15 Å². The van der Waals surface area contributed by atoms with Gasteiger partial charge in [-0.2, -0.15) is 0 Å². The minimum absolute atomic E-state index is 0.00827. The van der Waals surface area contributed by atoms with Crippen LogP contribution in [0.3, 0.4) is 0 Å². The van der Waals surface area contributed by atoms with Gasteiger partial charge in [-0.05, 0) is 50.5 Å². The average molecular weight is 369 g/mol. The fourth-order valence-electron chi connectivity index (χ4n) is 3.88. The van der Waals surface area contributed by atoms with Crippen LogP contribution in [0.15, 0.2) is 41.0 Å². The van der Waals surface area contributed by atoms with Crippen molar-refractivity contribution in [3.05, 3.63) is 53.7 Å². The Morgan fingerprint density at radius 1 is 1.22 bits per heavy atom. The zero-order valence-electron chi connectivity index (χ0n) is 15.3. The number of amides is 2. The molecule has 2 amide bonds. The Kier molecular flexibility index (Phi) is 4.94. The van der Waals surface area contributed by atoms with E-state index < -0.39 is 6.10 Å². The van der Waals surface area contributed by atoms with Crippen LogP contribution in [0, 0.1) is 6.92 Å². The van der Waals surface area contributed by atoms with Crippen LogP contribution in [0.25, 0.3) is 0 Å². The number of nitrogens with one attached hydrogen (secondary N) is 1. The van der Waals surface area contributed by atoms with Crippen LogP contribution in [-0.4, -0.2) is 46.5 Å². The minimum atomic E-state index is -0.478. The molecular formula is C20H23N3O4. The van der Waals surface area contributed by atoms with E-state index in [2.05, 4.69) is 10.3 Å². The predicted octanol–water partition coefficient (Wildman–Crippen LogP) is 2.06. The van der Waals surface area contributed by atoms with Gasteiger partial charge in [-0.1, -0.05) is 6.07 Å². The second kappa shape index (κ2) is 7.52. The quantitative estimate of drug-likeness (QED) is 0.892. The van der Waals surface area contributed by atoms with Crippen molar-refractivity contribution < 1.29 is 18.7 Å². The van der Waals surface area contributed by atoms with Gasteiger partial charge in [0.05, 0.1) is 25.0 Å². The molecular weight excluding hydrogens is 346 g/mol. The zero-order chi connectivity index (χ0) is 18.8. The number of carbonyl (C=O) groups excluding carboxylic acids is 2. The van der Waals surface area contributed by atoms with Crippen LogP contribution in [-0.2, 0) is 16.1 Å². The molecule has 1 N–H and O–H groups in total. The molecule has 2 aromatic heterocycles. The highest BCUT2D eigenvalue weighted by Gasteiger charge is 2.43. The fraction of sp³-hybridized carbons (Fsp3) is 0.450. The Labute approximate surface area is 157 Å². The van der Waals surface area contributed by atoms with E-state index in [-0.39, 0.29) is 24.0 Å². The third-order valence-corrected chi connectivity index (χ3v) is 5.23. The highest BCUT2D eigenvalue weighted by Crippen LogP contribution is 2.32. The lowest BCUT2D eigenvalue weighted by molar-refractivity contribution is -0.143. The molecule has 4 rings (SSSR count). The van der Waals surface area contributed by atoms with Gasteiger partial charge in [-0.15, -0.1) is 0 Å². The summed E-state index contributed by atoms with van der Waals surface area (Å²) >= 11 is 0. The summed E-state index contributed by atoms with van der Waals surface area (Å²) in [7, 11) is 0. The second-order valence-electron chi connectivity index (χ2n) is 7.06. The first-order chi connectivity index (χ1) is 13.1. The monoisotopic (exact) mass is 369 g/mol. The van der Waals surface area contributed by atoms with E-state index in [1.54, 1.807) is 18.4 Å². The van der Waals surface area contributed by atoms with Crippen molar-refractivity contribution in [2.45, 2.75) is 51.0 Å². The van der Waals surface area contributed by atoms with Gasteiger partial charge in [-0.25, -0.2) is 4.98 Å². The van der Waals surface area contributed by atoms with Crippen LogP contribution in [0.2, 0.25) is 0 Å². The maximum Gasteiger partial charge on any atom is 0.272 e. The first kappa shape index (κ1) is 17.7. The van der Waals surface area contributed by atoms with Crippen molar-refractivity contribution in [3.63, 3.8) is 0 Å². The molecule has 7 nitrogen and oxygen atoms in total. The number of likely N-dealkylation sites (tertiary alicyclic amines) is 1. The summed E-state index contributed by atoms with van der Waals surface area (Å²) in [6.07, 6.45) is 3.08. The summed E-state index contributed by atoms with van der Waals surface area (Å²) in [5.41, 5.74) is 1.29. The van der Waals surface area contributed by atoms with Crippen LogP contribution in [0.1, 0.15) is 41.2 Å². The van der Waals surface area contributed by atoms with Crippen LogP contribution >= 0.6 is 0 Å². The molecule has 0 unspecified atom stereocenters. The highest BCUT2D eigenvalue weighted by molar-refractivity contribution is 5.92. The van der Waals surface area contributed by atoms with E-state index >= 15 is 0 Å². The lowest BCUT2D eigenvalue weighted by Crippen LogP contribution is -2.49. The molecule has 4 heterocycles. The summed E-state index contributed by atoms with van der Waals surface area (Å²) in [5.74, 6) is 0.519. The largest absolute Gasteiger partial charge is 0.467 e. The average Bonchev–Trinajstić information content (AvgIpc) is 3.34. The number of carbonyl (C=O) groups is 2. The van der Waals surface area contributed by atoms with Gasteiger partial charge in [-0.3, -0.25) is 9.59 Å². The lowest BCUT2D eigenvalue weighted by atomic mass is 9.98. The number of aromatic nitrogens is 1. The Morgan fingerprint density at radius 3 is 2.89 bits per heavy atom. The summed E-state index contributed by atoms with van der Waals surface area (Å²) in [6, 6.07) is 9.08. The molecule has 0 spiro atoms. The van der Waals surface area contributed by atoms with Gasteiger partial charge in [0.2, 0.25) is 5.91 Å². The van der Waals surface area contributed by atoms with Crippen molar-refractivity contribution in [2.75, 3.05) is 6.54 Å². The molecule has 27 heavy (non-hydrogen) atoms. The van der Waals surface area contributed by atoms with Gasteiger partial charge in [0.15, 0.2) is 0 Å². The molecule has 0 saturated carbocycles. The summed E-state index contributed by atoms with van der Waals surface area (Å²) < 4.78 is 11.3. The van der Waals surface area contributed by atoms with E-state index in [1.165, 1.54) is 0 Å². The van der Waals surface area contributed by atoms with E-state index in [1.807, 2.05) is 30.0 Å². The second-order valence-corrected chi connectivity index (χ2v) is 7.06. The predicted molar refractivity (Wildman–Crippen MR) is 96.9 cm³/mol. The maximum absolute atomic E-state index is 12.8. The third kappa shape index (κ3) is 3.73. The number of rotatable bonds is 4. The number of hydrogen-bond donors (Lipinski definition) is 1. The van der Waals surface area contributed by atoms with Gasteiger partial charge in [0.25, 0.3) is 5.91 Å². The Bertz CT molecular complexity index is 820. The molecule has 0 radical (unpaired) electrons. The van der Waals surface area contributed by atoms with Crippen molar-refractivity contribution in [2.24, 2.45) is 0 Å². The van der Waals surface area contributed by atoms with Crippen LogP contribution in [0.5, 0.6) is 0 Å². The summed E-state index contributed by atoms with van der Waals surface area (Å²) in [5, 5.41) is 2.85. The number of ether oxygens (including phenoxy) is 1. The van der Waals surface area contributed by atoms with Crippen molar-refractivity contribution in [1.29, 1.82) is 0 Å². The lowest BCUT2D eigenvalue weighted by Gasteiger charge is -2.35. The molecule has 0 bridgehead atoms. The number of aryl methyl sites for hydroxylation is 1. The Balaban J connectivity index is 1.35. The van der Waals surface area contributed by atoms with Crippen molar-refractivity contribution in [1.82, 2.24) is 15.2 Å². The molecule has 2 saturated heterocycles. The molecule has 0 aromatic carbocycles. The van der Waals surface area contributed by atoms with Gasteiger partial charge in [0, 0.05) is 12.2 Å². The summed E-state index contributed by atoms with van der Waals surface area (Å²) in [4.78, 5) is 31.4. The van der Waals surface area contributed by atoms with E-state index in [9.17, 15) is 9.59 Å². The first-order valence-electron chi connectivity index (χ1n) is 9.32. The third-order valence-electron chi connectivity index (χ3n) is 5.23. The number of fused-ring (bicyclic) bond motifs is 1. The topological polar surface area (TPSA) is 84.7 Å². The Morgan fingerprint density at radius 2 is 2.11 bits per heavy atom. The van der Waals surface area contributed by atoms with Gasteiger partial charge < -0.3 is 19.4 Å². The molecule has 3 atom stereocenters. The first-order valence-corrected chi connectivity index (χ1v) is 9.32. The van der Waals surface area contributed by atoms with Gasteiger partial charge >= 0.3 is 0 Å². The van der Waals surface area contributed by atoms with Crippen LogP contribution in [0.4, 0.5) is 0 Å². The van der Waals surface area contributed by atoms with E-state index in [0.29, 0.717) is 31.0 Å². The van der Waals surface area contributed by atoms with Crippen LogP contribution < -0.4 is 5.32 Å². The molecule has 2 aromatic rings. The standard InChI is InChI=1S/C20H23N3O4/c1-13-4-2-6-15(22-13)20(25)23-10-9-17-16(23)7-8-18(27-17)19(24)21-12-14-5-3-11-26-14/h2-6,11,16-18H,7-10,12H2,1H3,(H,21,24)/t16-,17-,18-/m0/s1.